The van der Waals surface area contributed by atoms with E-state index in [4.69, 9.17) is 27.9 Å². The van der Waals surface area contributed by atoms with Gasteiger partial charge in [0.25, 0.3) is 10.0 Å². The fraction of sp³-hybridized carbons (Fsp3) is 0.143. The summed E-state index contributed by atoms with van der Waals surface area (Å²) in [5, 5.41) is 0.675. The van der Waals surface area contributed by atoms with E-state index in [2.05, 4.69) is 4.72 Å². The Bertz CT molecular complexity index is 730. The zero-order chi connectivity index (χ0) is 15.5. The van der Waals surface area contributed by atoms with Gasteiger partial charge >= 0.3 is 0 Å². The summed E-state index contributed by atoms with van der Waals surface area (Å²) in [7, 11) is -2.12. The van der Waals surface area contributed by atoms with Crippen molar-refractivity contribution >= 4 is 38.9 Å². The number of rotatable bonds is 5. The Hall–Kier alpha value is -1.27. The molecule has 0 saturated carbocycles. The molecule has 0 aliphatic heterocycles. The van der Waals surface area contributed by atoms with E-state index in [0.717, 1.165) is 5.56 Å². The Labute approximate surface area is 133 Å². The third-order valence-electron chi connectivity index (χ3n) is 2.72. The number of nitrogens with one attached hydrogen (secondary N) is 1. The minimum absolute atomic E-state index is 0.147. The second-order valence-electron chi connectivity index (χ2n) is 4.31. The topological polar surface area (TPSA) is 55.4 Å². The van der Waals surface area contributed by atoms with Gasteiger partial charge in [-0.05, 0) is 35.9 Å². The molecule has 0 atom stereocenters. The SMILES string of the molecule is COCc1ccc(S(=O)(=O)Nc2ccc(Cl)cc2Cl)cc1. The van der Waals surface area contributed by atoms with Crippen molar-refractivity contribution in [3.05, 3.63) is 58.1 Å². The Morgan fingerprint density at radius 3 is 2.33 bits per heavy atom. The predicted molar refractivity (Wildman–Crippen MR) is 84.4 cm³/mol. The maximum absolute atomic E-state index is 12.3. The zero-order valence-corrected chi connectivity index (χ0v) is 13.5. The molecule has 0 aromatic heterocycles. The highest BCUT2D eigenvalue weighted by Crippen LogP contribution is 2.27. The molecule has 0 aliphatic carbocycles. The molecule has 2 aromatic rings. The molecule has 0 saturated heterocycles. The van der Waals surface area contributed by atoms with Gasteiger partial charge in [-0.1, -0.05) is 35.3 Å². The lowest BCUT2D eigenvalue weighted by molar-refractivity contribution is 0.185. The number of anilines is 1. The third-order valence-corrected chi connectivity index (χ3v) is 4.65. The minimum Gasteiger partial charge on any atom is -0.380 e. The van der Waals surface area contributed by atoms with Crippen molar-refractivity contribution in [2.75, 3.05) is 11.8 Å². The zero-order valence-electron chi connectivity index (χ0n) is 11.1. The quantitative estimate of drug-likeness (QED) is 0.892. The second kappa shape index (κ2) is 6.66. The van der Waals surface area contributed by atoms with Crippen molar-refractivity contribution in [2.45, 2.75) is 11.5 Å². The molecular formula is C14H13Cl2NO3S. The van der Waals surface area contributed by atoms with E-state index >= 15 is 0 Å². The highest BCUT2D eigenvalue weighted by Gasteiger charge is 2.15. The van der Waals surface area contributed by atoms with E-state index in [1.807, 2.05) is 0 Å². The molecule has 21 heavy (non-hydrogen) atoms. The summed E-state index contributed by atoms with van der Waals surface area (Å²) < 4.78 is 32.0. The van der Waals surface area contributed by atoms with Crippen LogP contribution in [-0.2, 0) is 21.4 Å². The summed E-state index contributed by atoms with van der Waals surface area (Å²) in [6.07, 6.45) is 0. The largest absolute Gasteiger partial charge is 0.380 e. The van der Waals surface area contributed by atoms with Gasteiger partial charge in [-0.2, -0.15) is 0 Å². The summed E-state index contributed by atoms with van der Waals surface area (Å²) in [6, 6.07) is 11.0. The highest BCUT2D eigenvalue weighted by atomic mass is 35.5. The fourth-order valence-electron chi connectivity index (χ4n) is 1.71. The normalized spacial score (nSPS) is 11.4. The standard InChI is InChI=1S/C14H13Cl2NO3S/c1-20-9-10-2-5-12(6-3-10)21(18,19)17-14-7-4-11(15)8-13(14)16/h2-8,17H,9H2,1H3. The van der Waals surface area contributed by atoms with Crippen molar-refractivity contribution < 1.29 is 13.2 Å². The van der Waals surface area contributed by atoms with Crippen LogP contribution in [0.3, 0.4) is 0 Å². The highest BCUT2D eigenvalue weighted by molar-refractivity contribution is 7.92. The van der Waals surface area contributed by atoms with Crippen LogP contribution < -0.4 is 4.72 Å². The summed E-state index contributed by atoms with van der Waals surface area (Å²) in [6.45, 7) is 0.427. The molecule has 4 nitrogen and oxygen atoms in total. The molecule has 0 radical (unpaired) electrons. The Balaban J connectivity index is 2.25. The Morgan fingerprint density at radius 2 is 1.76 bits per heavy atom. The van der Waals surface area contributed by atoms with E-state index in [1.54, 1.807) is 25.3 Å². The molecule has 1 N–H and O–H groups in total. The number of methoxy groups -OCH3 is 1. The summed E-state index contributed by atoms with van der Waals surface area (Å²) in [5.74, 6) is 0. The molecule has 0 bridgehead atoms. The summed E-state index contributed by atoms with van der Waals surface area (Å²) in [5.41, 5.74) is 1.17. The lowest BCUT2D eigenvalue weighted by Crippen LogP contribution is -2.13. The van der Waals surface area contributed by atoms with Crippen LogP contribution in [0, 0.1) is 0 Å². The Morgan fingerprint density at radius 1 is 1.10 bits per heavy atom. The molecule has 112 valence electrons. The number of hydrogen-bond acceptors (Lipinski definition) is 3. The van der Waals surface area contributed by atoms with Gasteiger partial charge in [0, 0.05) is 12.1 Å². The van der Waals surface area contributed by atoms with Gasteiger partial charge in [0.1, 0.15) is 0 Å². The van der Waals surface area contributed by atoms with Gasteiger partial charge in [0.15, 0.2) is 0 Å². The molecule has 0 aliphatic rings. The number of sulfonamides is 1. The third kappa shape index (κ3) is 4.11. The Kier molecular flexibility index (Phi) is 5.11. The smallest absolute Gasteiger partial charge is 0.261 e. The van der Waals surface area contributed by atoms with Crippen LogP contribution in [0.15, 0.2) is 47.4 Å². The first-order valence-corrected chi connectivity index (χ1v) is 8.22. The number of halogens is 2. The number of benzene rings is 2. The molecule has 0 unspecified atom stereocenters. The second-order valence-corrected chi connectivity index (χ2v) is 6.83. The van der Waals surface area contributed by atoms with Crippen LogP contribution in [0.5, 0.6) is 0 Å². The van der Waals surface area contributed by atoms with E-state index in [-0.39, 0.29) is 15.6 Å². The molecule has 2 rings (SSSR count). The summed E-state index contributed by atoms with van der Waals surface area (Å²) >= 11 is 11.7. The molecule has 0 fully saturated rings. The minimum atomic E-state index is -3.70. The first-order chi connectivity index (χ1) is 9.92. The molecule has 2 aromatic carbocycles. The number of hydrogen-bond donors (Lipinski definition) is 1. The van der Waals surface area contributed by atoms with Gasteiger partial charge in [-0.15, -0.1) is 0 Å². The lowest BCUT2D eigenvalue weighted by atomic mass is 10.2. The van der Waals surface area contributed by atoms with Crippen LogP contribution in [-0.4, -0.2) is 15.5 Å². The van der Waals surface area contributed by atoms with E-state index in [1.165, 1.54) is 24.3 Å². The first kappa shape index (κ1) is 16.1. The van der Waals surface area contributed by atoms with Crippen molar-refractivity contribution in [3.8, 4) is 0 Å². The summed E-state index contributed by atoms with van der Waals surface area (Å²) in [4.78, 5) is 0.147. The monoisotopic (exact) mass is 345 g/mol. The van der Waals surface area contributed by atoms with Gasteiger partial charge in [0.2, 0.25) is 0 Å². The lowest BCUT2D eigenvalue weighted by Gasteiger charge is -2.10. The maximum Gasteiger partial charge on any atom is 0.261 e. The van der Waals surface area contributed by atoms with E-state index in [0.29, 0.717) is 11.6 Å². The number of ether oxygens (including phenoxy) is 1. The maximum atomic E-state index is 12.3. The van der Waals surface area contributed by atoms with Crippen LogP contribution in [0.4, 0.5) is 5.69 Å². The molecule has 0 heterocycles. The fourth-order valence-corrected chi connectivity index (χ4v) is 3.30. The van der Waals surface area contributed by atoms with Crippen molar-refractivity contribution in [2.24, 2.45) is 0 Å². The van der Waals surface area contributed by atoms with Crippen molar-refractivity contribution in [1.29, 1.82) is 0 Å². The van der Waals surface area contributed by atoms with Crippen molar-refractivity contribution in [3.63, 3.8) is 0 Å². The van der Waals surface area contributed by atoms with Gasteiger partial charge in [0.05, 0.1) is 22.2 Å². The molecular weight excluding hydrogens is 333 g/mol. The van der Waals surface area contributed by atoms with Crippen LogP contribution in [0.1, 0.15) is 5.56 Å². The molecule has 0 amide bonds. The molecule has 7 heteroatoms. The van der Waals surface area contributed by atoms with E-state index < -0.39 is 10.0 Å². The average molecular weight is 346 g/mol. The first-order valence-electron chi connectivity index (χ1n) is 5.98. The van der Waals surface area contributed by atoms with Gasteiger partial charge < -0.3 is 4.74 Å². The van der Waals surface area contributed by atoms with Crippen LogP contribution >= 0.6 is 23.2 Å². The van der Waals surface area contributed by atoms with Crippen LogP contribution in [0.2, 0.25) is 10.0 Å². The van der Waals surface area contributed by atoms with Crippen molar-refractivity contribution in [1.82, 2.24) is 0 Å². The average Bonchev–Trinajstić information content (AvgIpc) is 2.43. The van der Waals surface area contributed by atoms with Crippen LogP contribution in [0.25, 0.3) is 0 Å². The van der Waals surface area contributed by atoms with Gasteiger partial charge in [-0.25, -0.2) is 8.42 Å². The molecule has 0 spiro atoms. The van der Waals surface area contributed by atoms with Gasteiger partial charge in [-0.3, -0.25) is 4.72 Å². The predicted octanol–water partition coefficient (Wildman–Crippen LogP) is 3.94. The van der Waals surface area contributed by atoms with E-state index in [9.17, 15) is 8.42 Å².